The van der Waals surface area contributed by atoms with E-state index in [1.807, 2.05) is 53.1 Å². The molecular weight excluding hydrogens is 502 g/mol. The SMILES string of the molecule is Nc1ncccc1-c1nc2ccc(-c3cccc(N4CCOCC4=O)c3)nc2n1-c1ccc(C2(N)CCC2)cc1. The summed E-state index contributed by atoms with van der Waals surface area (Å²) in [4.78, 5) is 28.5. The van der Waals surface area contributed by atoms with Crippen molar-refractivity contribution in [2.24, 2.45) is 5.73 Å². The number of fused-ring (bicyclic) bond motifs is 1. The third-order valence-electron chi connectivity index (χ3n) is 7.97. The van der Waals surface area contributed by atoms with Crippen LogP contribution in [0.3, 0.4) is 0 Å². The van der Waals surface area contributed by atoms with Gasteiger partial charge in [-0.15, -0.1) is 0 Å². The minimum atomic E-state index is -0.246. The van der Waals surface area contributed by atoms with E-state index in [1.54, 1.807) is 11.1 Å². The Morgan fingerprint density at radius 2 is 1.77 bits per heavy atom. The number of carbonyl (C=O) groups is 1. The number of hydrogen-bond acceptors (Lipinski definition) is 7. The normalized spacial score (nSPS) is 16.7. The van der Waals surface area contributed by atoms with Crippen LogP contribution in [0, 0.1) is 0 Å². The summed E-state index contributed by atoms with van der Waals surface area (Å²) in [5.74, 6) is 1.01. The Kier molecular flexibility index (Phi) is 5.83. The van der Waals surface area contributed by atoms with E-state index < -0.39 is 0 Å². The van der Waals surface area contributed by atoms with E-state index in [9.17, 15) is 4.79 Å². The summed E-state index contributed by atoms with van der Waals surface area (Å²) in [7, 11) is 0. The first-order chi connectivity index (χ1) is 19.5. The van der Waals surface area contributed by atoms with Gasteiger partial charge in [0.15, 0.2) is 11.5 Å². The first-order valence-electron chi connectivity index (χ1n) is 13.5. The number of rotatable bonds is 5. The number of nitrogen functional groups attached to an aromatic ring is 1. The fraction of sp³-hybridized carbons (Fsp3) is 0.226. The number of anilines is 2. The number of pyridine rings is 2. The average molecular weight is 532 g/mol. The highest BCUT2D eigenvalue weighted by Crippen LogP contribution is 2.39. The number of nitrogens with zero attached hydrogens (tertiary/aromatic N) is 5. The van der Waals surface area contributed by atoms with E-state index in [0.29, 0.717) is 30.4 Å². The van der Waals surface area contributed by atoms with Crippen molar-refractivity contribution >= 4 is 28.6 Å². The molecule has 2 aromatic carbocycles. The molecule has 0 atom stereocenters. The van der Waals surface area contributed by atoms with Gasteiger partial charge in [0.25, 0.3) is 5.91 Å². The maximum Gasteiger partial charge on any atom is 0.253 e. The van der Waals surface area contributed by atoms with Crippen LogP contribution in [-0.4, -0.2) is 45.2 Å². The van der Waals surface area contributed by atoms with Gasteiger partial charge >= 0.3 is 0 Å². The Balaban J connectivity index is 1.36. The molecule has 200 valence electrons. The van der Waals surface area contributed by atoms with Crippen molar-refractivity contribution in [3.8, 4) is 28.3 Å². The minimum Gasteiger partial charge on any atom is -0.383 e. The van der Waals surface area contributed by atoms with Crippen LogP contribution in [0.25, 0.3) is 39.5 Å². The lowest BCUT2D eigenvalue weighted by molar-refractivity contribution is -0.125. The van der Waals surface area contributed by atoms with Crippen molar-refractivity contribution in [1.82, 2.24) is 19.5 Å². The highest BCUT2D eigenvalue weighted by atomic mass is 16.5. The zero-order valence-electron chi connectivity index (χ0n) is 22.0. The number of ether oxygens (including phenoxy) is 1. The molecule has 0 radical (unpaired) electrons. The molecule has 1 saturated carbocycles. The lowest BCUT2D eigenvalue weighted by Gasteiger charge is -2.38. The zero-order chi connectivity index (χ0) is 27.3. The summed E-state index contributed by atoms with van der Waals surface area (Å²) in [6.07, 6.45) is 4.82. The van der Waals surface area contributed by atoms with Crippen LogP contribution in [-0.2, 0) is 15.1 Å². The molecule has 1 saturated heterocycles. The van der Waals surface area contributed by atoms with E-state index in [2.05, 4.69) is 29.2 Å². The van der Waals surface area contributed by atoms with Gasteiger partial charge in [-0.05, 0) is 73.4 Å². The van der Waals surface area contributed by atoms with Gasteiger partial charge in [-0.25, -0.2) is 15.0 Å². The molecular formula is C31H29N7O2. The molecule has 2 fully saturated rings. The molecule has 5 aromatic rings. The number of hydrogen-bond donors (Lipinski definition) is 2. The fourth-order valence-corrected chi connectivity index (χ4v) is 5.56. The lowest BCUT2D eigenvalue weighted by atomic mass is 9.73. The summed E-state index contributed by atoms with van der Waals surface area (Å²) in [5.41, 5.74) is 19.4. The van der Waals surface area contributed by atoms with E-state index >= 15 is 0 Å². The molecule has 9 nitrogen and oxygen atoms in total. The standard InChI is InChI=1S/C31H29N7O2/c32-28-24(6-2-15-34-28)29-36-26-12-11-25(20-4-1-5-23(18-20)37-16-17-40-19-27(37)39)35-30(26)38(29)22-9-7-21(8-10-22)31(33)13-3-14-31/h1-2,4-12,15,18H,3,13-14,16-17,19,33H2,(H2,32,34). The number of benzene rings is 2. The van der Waals surface area contributed by atoms with Gasteiger partial charge in [0.2, 0.25) is 0 Å². The van der Waals surface area contributed by atoms with E-state index in [0.717, 1.165) is 58.5 Å². The minimum absolute atomic E-state index is 0.0480. The van der Waals surface area contributed by atoms with Crippen LogP contribution in [0.15, 0.2) is 79.0 Å². The summed E-state index contributed by atoms with van der Waals surface area (Å²) in [5, 5.41) is 0. The van der Waals surface area contributed by atoms with Crippen LogP contribution in [0.5, 0.6) is 0 Å². The smallest absolute Gasteiger partial charge is 0.253 e. The van der Waals surface area contributed by atoms with Crippen LogP contribution in [0.4, 0.5) is 11.5 Å². The van der Waals surface area contributed by atoms with Crippen molar-refractivity contribution in [2.75, 3.05) is 30.4 Å². The highest BCUT2D eigenvalue weighted by molar-refractivity contribution is 5.95. The number of imidazole rings is 1. The second-order valence-corrected chi connectivity index (χ2v) is 10.5. The van der Waals surface area contributed by atoms with Crippen LogP contribution < -0.4 is 16.4 Å². The average Bonchev–Trinajstić information content (AvgIpc) is 3.35. The number of carbonyl (C=O) groups excluding carboxylic acids is 1. The molecule has 1 amide bonds. The lowest BCUT2D eigenvalue weighted by Crippen LogP contribution is -2.43. The summed E-state index contributed by atoms with van der Waals surface area (Å²) in [6.45, 7) is 1.14. The van der Waals surface area contributed by atoms with Crippen LogP contribution >= 0.6 is 0 Å². The van der Waals surface area contributed by atoms with E-state index in [4.69, 9.17) is 26.2 Å². The van der Waals surface area contributed by atoms with Gasteiger partial charge in [0.05, 0.1) is 17.9 Å². The van der Waals surface area contributed by atoms with Crippen LogP contribution in [0.1, 0.15) is 24.8 Å². The number of nitrogens with two attached hydrogens (primary N) is 2. The van der Waals surface area contributed by atoms with Crippen molar-refractivity contribution in [2.45, 2.75) is 24.8 Å². The van der Waals surface area contributed by atoms with Crippen molar-refractivity contribution in [1.29, 1.82) is 0 Å². The summed E-state index contributed by atoms with van der Waals surface area (Å²) < 4.78 is 7.32. The van der Waals surface area contributed by atoms with Gasteiger partial charge in [-0.1, -0.05) is 24.3 Å². The first kappa shape index (κ1) is 24.4. The Hall–Kier alpha value is -4.60. The molecule has 1 aliphatic carbocycles. The Bertz CT molecular complexity index is 1740. The molecule has 7 rings (SSSR count). The third-order valence-corrected chi connectivity index (χ3v) is 7.97. The second kappa shape index (κ2) is 9.55. The molecule has 1 aliphatic heterocycles. The van der Waals surface area contributed by atoms with Crippen molar-refractivity contribution in [3.63, 3.8) is 0 Å². The molecule has 0 unspecified atom stereocenters. The largest absolute Gasteiger partial charge is 0.383 e. The van der Waals surface area contributed by atoms with Gasteiger partial charge in [0, 0.05) is 35.2 Å². The topological polar surface area (TPSA) is 125 Å². The molecule has 3 aromatic heterocycles. The Morgan fingerprint density at radius 1 is 0.925 bits per heavy atom. The van der Waals surface area contributed by atoms with Gasteiger partial charge in [-0.2, -0.15) is 0 Å². The Labute approximate surface area is 231 Å². The highest BCUT2D eigenvalue weighted by Gasteiger charge is 2.34. The summed E-state index contributed by atoms with van der Waals surface area (Å²) >= 11 is 0. The van der Waals surface area contributed by atoms with Crippen molar-refractivity contribution in [3.05, 3.63) is 84.6 Å². The predicted octanol–water partition coefficient (Wildman–Crippen LogP) is 4.43. The molecule has 9 heteroatoms. The zero-order valence-corrected chi connectivity index (χ0v) is 22.0. The monoisotopic (exact) mass is 531 g/mol. The first-order valence-corrected chi connectivity index (χ1v) is 13.5. The summed E-state index contributed by atoms with van der Waals surface area (Å²) in [6, 6.07) is 23.9. The molecule has 4 N–H and O–H groups in total. The van der Waals surface area contributed by atoms with Gasteiger partial charge in [-0.3, -0.25) is 9.36 Å². The maximum atomic E-state index is 12.4. The molecule has 0 bridgehead atoms. The quantitative estimate of drug-likeness (QED) is 0.344. The number of aromatic nitrogens is 4. The second-order valence-electron chi connectivity index (χ2n) is 10.5. The van der Waals surface area contributed by atoms with E-state index in [-0.39, 0.29) is 18.1 Å². The molecule has 40 heavy (non-hydrogen) atoms. The molecule has 0 spiro atoms. The maximum absolute atomic E-state index is 12.4. The predicted molar refractivity (Wildman–Crippen MR) is 155 cm³/mol. The van der Waals surface area contributed by atoms with Gasteiger partial charge in [0.1, 0.15) is 17.9 Å². The van der Waals surface area contributed by atoms with E-state index in [1.165, 1.54) is 0 Å². The fourth-order valence-electron chi connectivity index (χ4n) is 5.56. The van der Waals surface area contributed by atoms with Crippen molar-refractivity contribution < 1.29 is 9.53 Å². The van der Waals surface area contributed by atoms with Crippen LogP contribution in [0.2, 0.25) is 0 Å². The Morgan fingerprint density at radius 3 is 2.52 bits per heavy atom. The third kappa shape index (κ3) is 4.11. The molecule has 2 aliphatic rings. The molecule has 4 heterocycles. The number of amides is 1. The number of morpholine rings is 1. The van der Waals surface area contributed by atoms with Gasteiger partial charge < -0.3 is 21.1 Å².